The van der Waals surface area contributed by atoms with Crippen molar-refractivity contribution in [3.8, 4) is 61.3 Å². The first-order valence-corrected chi connectivity index (χ1v) is 27.1. The van der Waals surface area contributed by atoms with E-state index in [4.69, 9.17) is 0 Å². The third-order valence-electron chi connectivity index (χ3n) is 16.8. The number of para-hydroxylation sites is 3. The Labute approximate surface area is 442 Å². The van der Waals surface area contributed by atoms with E-state index in [2.05, 4.69) is 280 Å². The number of hydrogen-bond acceptors (Lipinski definition) is 2. The van der Waals surface area contributed by atoms with Gasteiger partial charge < -0.3 is 9.47 Å². The molecule has 2 aliphatic carbocycles. The van der Waals surface area contributed by atoms with Gasteiger partial charge in [-0.05, 0) is 146 Å². The lowest BCUT2D eigenvalue weighted by molar-refractivity contribution is 0.660. The van der Waals surface area contributed by atoms with Gasteiger partial charge in [0.2, 0.25) is 0 Å². The van der Waals surface area contributed by atoms with Crippen LogP contribution in [0.4, 0.5) is 17.1 Å². The molecule has 0 spiro atoms. The molecular weight excluding hydrogens is 925 g/mol. The van der Waals surface area contributed by atoms with Crippen LogP contribution in [0.25, 0.3) is 103 Å². The number of thiophene rings is 1. The van der Waals surface area contributed by atoms with Crippen LogP contribution in [0.2, 0.25) is 0 Å². The highest BCUT2D eigenvalue weighted by Crippen LogP contribution is 2.56. The SMILES string of the molecule is CC1(C)c2ccc(-c3ccccc3N(c3ccc(-c4ccc5sc6ccccc6c5c4)cc3)c3cccc4c3-c3ccccc3C4(C)C)cc2-c2ccc(-c3cccc4c3c3ccccc3n4-c3ccccc3)cc21. The first-order valence-electron chi connectivity index (χ1n) is 26.2. The lowest BCUT2D eigenvalue weighted by Gasteiger charge is -2.31. The molecule has 0 unspecified atom stereocenters. The first kappa shape index (κ1) is 43.8. The maximum Gasteiger partial charge on any atom is 0.0547 e. The van der Waals surface area contributed by atoms with Gasteiger partial charge in [0.05, 0.1) is 22.4 Å². The van der Waals surface area contributed by atoms with E-state index in [1.165, 1.54) is 131 Å². The smallest absolute Gasteiger partial charge is 0.0547 e. The van der Waals surface area contributed by atoms with Crippen molar-refractivity contribution in [2.24, 2.45) is 0 Å². The molecule has 2 aromatic heterocycles. The number of rotatable bonds is 7. The molecule has 2 heterocycles. The van der Waals surface area contributed by atoms with Gasteiger partial charge in [0.1, 0.15) is 0 Å². The van der Waals surface area contributed by atoms with E-state index in [1.54, 1.807) is 0 Å². The van der Waals surface area contributed by atoms with Gasteiger partial charge in [-0.3, -0.25) is 0 Å². The summed E-state index contributed by atoms with van der Waals surface area (Å²) in [6.07, 6.45) is 0. The Balaban J connectivity index is 0.868. The normalized spacial score (nSPS) is 13.8. The fourth-order valence-corrected chi connectivity index (χ4v) is 14.2. The van der Waals surface area contributed by atoms with Crippen molar-refractivity contribution in [1.82, 2.24) is 4.57 Å². The van der Waals surface area contributed by atoms with Crippen LogP contribution < -0.4 is 4.90 Å². The third kappa shape index (κ3) is 6.51. The zero-order valence-electron chi connectivity index (χ0n) is 42.4. The Morgan fingerprint density at radius 3 is 1.81 bits per heavy atom. The van der Waals surface area contributed by atoms with E-state index < -0.39 is 0 Å². The molecule has 0 aliphatic heterocycles. The summed E-state index contributed by atoms with van der Waals surface area (Å²) in [4.78, 5) is 2.53. The fourth-order valence-electron chi connectivity index (χ4n) is 13.2. The monoisotopic (exact) mass is 976 g/mol. The van der Waals surface area contributed by atoms with Crippen LogP contribution in [0.15, 0.2) is 243 Å². The number of hydrogen-bond donors (Lipinski definition) is 0. The summed E-state index contributed by atoms with van der Waals surface area (Å²) in [6, 6.07) is 90.8. The molecule has 75 heavy (non-hydrogen) atoms. The highest BCUT2D eigenvalue weighted by molar-refractivity contribution is 7.25. The molecule has 15 rings (SSSR count). The summed E-state index contributed by atoms with van der Waals surface area (Å²) >= 11 is 1.87. The van der Waals surface area contributed by atoms with Crippen molar-refractivity contribution in [3.63, 3.8) is 0 Å². The van der Waals surface area contributed by atoms with Crippen LogP contribution >= 0.6 is 11.3 Å². The molecule has 11 aromatic carbocycles. The second-order valence-electron chi connectivity index (χ2n) is 21.6. The molecule has 0 bridgehead atoms. The molecule has 3 heteroatoms. The summed E-state index contributed by atoms with van der Waals surface area (Å²) in [5.74, 6) is 0. The highest BCUT2D eigenvalue weighted by atomic mass is 32.1. The predicted octanol–water partition coefficient (Wildman–Crippen LogP) is 20.2. The molecule has 2 nitrogen and oxygen atoms in total. The number of benzene rings is 11. The molecular formula is C72H52N2S. The average molecular weight is 977 g/mol. The summed E-state index contributed by atoms with van der Waals surface area (Å²) in [5, 5.41) is 5.19. The van der Waals surface area contributed by atoms with E-state index in [9.17, 15) is 0 Å². The Morgan fingerprint density at radius 2 is 0.947 bits per heavy atom. The van der Waals surface area contributed by atoms with Crippen LogP contribution in [0.3, 0.4) is 0 Å². The number of fused-ring (bicyclic) bond motifs is 12. The predicted molar refractivity (Wildman–Crippen MR) is 320 cm³/mol. The minimum Gasteiger partial charge on any atom is -0.309 e. The summed E-state index contributed by atoms with van der Waals surface area (Å²) in [5.41, 5.74) is 24.6. The zero-order valence-corrected chi connectivity index (χ0v) is 43.2. The minimum absolute atomic E-state index is 0.144. The highest BCUT2D eigenvalue weighted by Gasteiger charge is 2.39. The van der Waals surface area contributed by atoms with Crippen molar-refractivity contribution in [3.05, 3.63) is 265 Å². The van der Waals surface area contributed by atoms with Crippen LogP contribution in [-0.4, -0.2) is 4.57 Å². The molecule has 0 radical (unpaired) electrons. The lowest BCUT2D eigenvalue weighted by atomic mass is 9.81. The van der Waals surface area contributed by atoms with E-state index in [0.29, 0.717) is 0 Å². The van der Waals surface area contributed by atoms with Crippen molar-refractivity contribution in [2.45, 2.75) is 38.5 Å². The van der Waals surface area contributed by atoms with Gasteiger partial charge in [0.15, 0.2) is 0 Å². The molecule has 0 atom stereocenters. The topological polar surface area (TPSA) is 8.17 Å². The quantitative estimate of drug-likeness (QED) is 0.154. The van der Waals surface area contributed by atoms with Crippen molar-refractivity contribution in [2.75, 3.05) is 4.90 Å². The molecule has 0 N–H and O–H groups in total. The van der Waals surface area contributed by atoms with Crippen LogP contribution in [0, 0.1) is 0 Å². The van der Waals surface area contributed by atoms with Gasteiger partial charge in [-0.25, -0.2) is 0 Å². The van der Waals surface area contributed by atoms with Gasteiger partial charge in [0.25, 0.3) is 0 Å². The lowest BCUT2D eigenvalue weighted by Crippen LogP contribution is -2.16. The number of anilines is 3. The van der Waals surface area contributed by atoms with Gasteiger partial charge in [-0.1, -0.05) is 191 Å². The minimum atomic E-state index is -0.204. The Bertz CT molecular complexity index is 4470. The summed E-state index contributed by atoms with van der Waals surface area (Å²) in [7, 11) is 0. The van der Waals surface area contributed by atoms with E-state index in [0.717, 1.165) is 11.4 Å². The van der Waals surface area contributed by atoms with Crippen LogP contribution in [0.1, 0.15) is 49.9 Å². The molecule has 0 saturated carbocycles. The third-order valence-corrected chi connectivity index (χ3v) is 18.0. The van der Waals surface area contributed by atoms with Gasteiger partial charge >= 0.3 is 0 Å². The zero-order chi connectivity index (χ0) is 50.2. The number of nitrogens with zero attached hydrogens (tertiary/aromatic N) is 2. The van der Waals surface area contributed by atoms with Crippen LogP contribution in [-0.2, 0) is 10.8 Å². The Morgan fingerprint density at radius 1 is 0.347 bits per heavy atom. The average Bonchev–Trinajstić information content (AvgIpc) is 4.20. The Kier molecular flexibility index (Phi) is 9.56. The van der Waals surface area contributed by atoms with E-state index in [1.807, 2.05) is 11.3 Å². The second kappa shape index (κ2) is 16.4. The van der Waals surface area contributed by atoms with E-state index in [-0.39, 0.29) is 10.8 Å². The van der Waals surface area contributed by atoms with Gasteiger partial charge in [-0.15, -0.1) is 11.3 Å². The molecule has 2 aliphatic rings. The molecule has 0 fully saturated rings. The van der Waals surface area contributed by atoms with Crippen molar-refractivity contribution in [1.29, 1.82) is 0 Å². The standard InChI is InChI=1S/C72H52N2S/c1-71(2)59-25-12-8-22-55(59)70-61(71)26-17-30-66(70)74(50-37-32-45(33-38-50)46-36-41-68-58(42-46)54-21-11-15-31-67(54)75-68)63-27-13-9-20-51(63)47-35-40-60-57(43-47)53-39-34-48(44-62(53)72(60,3)4)52-24-16-29-65-69(52)56-23-10-14-28-64(56)73(65)49-18-6-5-7-19-49/h5-44H,1-4H3. The summed E-state index contributed by atoms with van der Waals surface area (Å²) < 4.78 is 5.06. The molecule has 0 saturated heterocycles. The van der Waals surface area contributed by atoms with Crippen molar-refractivity contribution < 1.29 is 0 Å². The fraction of sp³-hybridized carbons (Fsp3) is 0.0833. The molecule has 0 amide bonds. The van der Waals surface area contributed by atoms with E-state index >= 15 is 0 Å². The summed E-state index contributed by atoms with van der Waals surface area (Å²) in [6.45, 7) is 9.55. The largest absolute Gasteiger partial charge is 0.309 e. The Hall–Kier alpha value is -8.76. The van der Waals surface area contributed by atoms with Gasteiger partial charge in [0, 0.05) is 64.3 Å². The van der Waals surface area contributed by atoms with Crippen LogP contribution in [0.5, 0.6) is 0 Å². The number of aromatic nitrogens is 1. The first-order chi connectivity index (χ1) is 36.7. The maximum atomic E-state index is 2.53. The van der Waals surface area contributed by atoms with Crippen molar-refractivity contribution >= 4 is 70.4 Å². The molecule has 13 aromatic rings. The second-order valence-corrected chi connectivity index (χ2v) is 22.7. The van der Waals surface area contributed by atoms with Gasteiger partial charge in [-0.2, -0.15) is 0 Å². The molecule has 356 valence electrons. The maximum absolute atomic E-state index is 2.53.